The van der Waals surface area contributed by atoms with E-state index < -0.39 is 17.7 Å². The largest absolute Gasteiger partial charge is 0.485 e. The Morgan fingerprint density at radius 1 is 1.21 bits per heavy atom. The van der Waals surface area contributed by atoms with E-state index in [0.717, 1.165) is 29.6 Å². The zero-order valence-corrected chi connectivity index (χ0v) is 16.6. The van der Waals surface area contributed by atoms with Crippen LogP contribution in [0.1, 0.15) is 55.8 Å². The number of nitriles is 1. The first kappa shape index (κ1) is 19.2. The van der Waals surface area contributed by atoms with Crippen LogP contribution in [0.25, 0.3) is 5.57 Å². The van der Waals surface area contributed by atoms with Gasteiger partial charge in [0.2, 0.25) is 5.91 Å². The van der Waals surface area contributed by atoms with Crippen LogP contribution in [0.2, 0.25) is 0 Å². The number of carbonyl (C=O) groups is 1. The fourth-order valence-corrected chi connectivity index (χ4v) is 4.21. The molecule has 1 heterocycles. The van der Waals surface area contributed by atoms with Crippen molar-refractivity contribution in [3.63, 3.8) is 0 Å². The minimum absolute atomic E-state index is 0.170. The number of amides is 1. The summed E-state index contributed by atoms with van der Waals surface area (Å²) < 4.78 is 5.94. The molecule has 1 amide bonds. The molecule has 2 aliphatic rings. The lowest BCUT2D eigenvalue weighted by Gasteiger charge is -2.42. The summed E-state index contributed by atoms with van der Waals surface area (Å²) in [6, 6.07) is 16.5. The Labute approximate surface area is 170 Å². The van der Waals surface area contributed by atoms with E-state index in [2.05, 4.69) is 11.4 Å². The number of fused-ring (bicyclic) bond motifs is 1. The Morgan fingerprint density at radius 2 is 1.97 bits per heavy atom. The monoisotopic (exact) mass is 388 g/mol. The van der Waals surface area contributed by atoms with Crippen molar-refractivity contribution in [1.29, 1.82) is 5.26 Å². The van der Waals surface area contributed by atoms with Crippen molar-refractivity contribution in [3.05, 3.63) is 70.8 Å². The summed E-state index contributed by atoms with van der Waals surface area (Å²) in [6.07, 6.45) is 1.56. The molecule has 0 aromatic heterocycles. The van der Waals surface area contributed by atoms with Gasteiger partial charge >= 0.3 is 0 Å². The molecule has 2 atom stereocenters. The van der Waals surface area contributed by atoms with Gasteiger partial charge in [-0.2, -0.15) is 5.26 Å². The summed E-state index contributed by atoms with van der Waals surface area (Å²) >= 11 is 0. The van der Waals surface area contributed by atoms with Crippen LogP contribution in [0.15, 0.2) is 54.1 Å². The maximum Gasteiger partial charge on any atom is 0.248 e. The van der Waals surface area contributed by atoms with E-state index in [-0.39, 0.29) is 5.91 Å². The van der Waals surface area contributed by atoms with Gasteiger partial charge in [0.15, 0.2) is 0 Å². The fraction of sp³-hybridized carbons (Fsp3) is 0.333. The zero-order chi connectivity index (χ0) is 20.6. The molecule has 0 saturated heterocycles. The van der Waals surface area contributed by atoms with Gasteiger partial charge in [-0.25, -0.2) is 0 Å². The number of hydrogen-bond donors (Lipinski definition) is 2. The van der Waals surface area contributed by atoms with E-state index in [1.807, 2.05) is 30.3 Å². The molecule has 0 fully saturated rings. The average molecular weight is 388 g/mol. The number of nitrogens with one attached hydrogen (secondary N) is 1. The molecular weight excluding hydrogens is 364 g/mol. The van der Waals surface area contributed by atoms with Gasteiger partial charge in [0.05, 0.1) is 17.7 Å². The van der Waals surface area contributed by atoms with E-state index in [0.29, 0.717) is 23.3 Å². The molecule has 5 nitrogen and oxygen atoms in total. The minimum Gasteiger partial charge on any atom is -0.485 e. The first-order valence-corrected chi connectivity index (χ1v) is 9.90. The molecule has 5 heteroatoms. The van der Waals surface area contributed by atoms with Crippen LogP contribution in [0.4, 0.5) is 0 Å². The quantitative estimate of drug-likeness (QED) is 0.836. The summed E-state index contributed by atoms with van der Waals surface area (Å²) in [4.78, 5) is 13.2. The highest BCUT2D eigenvalue weighted by molar-refractivity contribution is 6.02. The van der Waals surface area contributed by atoms with Gasteiger partial charge in [0.1, 0.15) is 17.5 Å². The van der Waals surface area contributed by atoms with Crippen molar-refractivity contribution >= 4 is 11.5 Å². The van der Waals surface area contributed by atoms with E-state index in [9.17, 15) is 15.2 Å². The Hall–Kier alpha value is -3.10. The van der Waals surface area contributed by atoms with Crippen molar-refractivity contribution in [3.8, 4) is 11.8 Å². The maximum atomic E-state index is 13.2. The van der Waals surface area contributed by atoms with Gasteiger partial charge in [-0.3, -0.25) is 4.79 Å². The van der Waals surface area contributed by atoms with E-state index in [4.69, 9.17) is 4.74 Å². The number of aliphatic hydroxyl groups is 1. The van der Waals surface area contributed by atoms with Gasteiger partial charge in [0, 0.05) is 11.1 Å². The summed E-state index contributed by atoms with van der Waals surface area (Å²) in [5, 5.41) is 23.2. The maximum absolute atomic E-state index is 13.2. The van der Waals surface area contributed by atoms with Gasteiger partial charge in [-0.1, -0.05) is 30.3 Å². The second-order valence-corrected chi connectivity index (χ2v) is 8.14. The van der Waals surface area contributed by atoms with Crippen molar-refractivity contribution in [1.82, 2.24) is 5.32 Å². The second-order valence-electron chi connectivity index (χ2n) is 8.14. The topological polar surface area (TPSA) is 82.3 Å². The van der Waals surface area contributed by atoms with Crippen LogP contribution >= 0.6 is 0 Å². The molecule has 4 rings (SSSR count). The van der Waals surface area contributed by atoms with Gasteiger partial charge in [-0.15, -0.1) is 0 Å². The molecule has 148 valence electrons. The third-order valence-corrected chi connectivity index (χ3v) is 5.78. The Bertz CT molecular complexity index is 1020. The lowest BCUT2D eigenvalue weighted by Crippen LogP contribution is -2.53. The van der Waals surface area contributed by atoms with Gasteiger partial charge in [-0.05, 0) is 62.4 Å². The normalized spacial score (nSPS) is 22.4. The number of nitrogens with zero attached hydrogens (tertiary/aromatic N) is 1. The van der Waals surface area contributed by atoms with Gasteiger partial charge in [0.25, 0.3) is 0 Å². The minimum atomic E-state index is -0.949. The predicted molar refractivity (Wildman–Crippen MR) is 110 cm³/mol. The van der Waals surface area contributed by atoms with Crippen LogP contribution in [0, 0.1) is 11.3 Å². The first-order chi connectivity index (χ1) is 13.9. The second kappa shape index (κ2) is 7.38. The molecule has 0 unspecified atom stereocenters. The zero-order valence-electron chi connectivity index (χ0n) is 16.6. The highest BCUT2D eigenvalue weighted by Crippen LogP contribution is 2.41. The molecule has 0 bridgehead atoms. The first-order valence-electron chi connectivity index (χ1n) is 9.90. The SMILES string of the molecule is CC1(C)Oc2ccc(C#N)cc2[C@@H](NC(=O)C2=C(c3ccccc3)CCC2)[C@@H]1O. The van der Waals surface area contributed by atoms with Crippen LogP contribution in [-0.2, 0) is 4.79 Å². The van der Waals surface area contributed by atoms with E-state index in [1.165, 1.54) is 0 Å². The molecule has 2 N–H and O–H groups in total. The van der Waals surface area contributed by atoms with Crippen molar-refractivity contribution < 1.29 is 14.6 Å². The lowest BCUT2D eigenvalue weighted by atomic mass is 9.85. The van der Waals surface area contributed by atoms with Crippen molar-refractivity contribution in [2.45, 2.75) is 50.9 Å². The van der Waals surface area contributed by atoms with Crippen molar-refractivity contribution in [2.24, 2.45) is 0 Å². The van der Waals surface area contributed by atoms with Crippen LogP contribution in [0.3, 0.4) is 0 Å². The van der Waals surface area contributed by atoms with Crippen molar-refractivity contribution in [2.75, 3.05) is 0 Å². The number of aliphatic hydroxyl groups excluding tert-OH is 1. The highest BCUT2D eigenvalue weighted by Gasteiger charge is 2.44. The Morgan fingerprint density at radius 3 is 2.69 bits per heavy atom. The summed E-state index contributed by atoms with van der Waals surface area (Å²) in [7, 11) is 0. The number of hydrogen-bond acceptors (Lipinski definition) is 4. The molecule has 2 aromatic carbocycles. The molecule has 0 spiro atoms. The van der Waals surface area contributed by atoms with Crippen LogP contribution in [-0.4, -0.2) is 22.7 Å². The van der Waals surface area contributed by atoms with Crippen LogP contribution in [0.5, 0.6) is 5.75 Å². The van der Waals surface area contributed by atoms with E-state index in [1.54, 1.807) is 32.0 Å². The molecule has 0 saturated carbocycles. The fourth-order valence-electron chi connectivity index (χ4n) is 4.21. The molecule has 29 heavy (non-hydrogen) atoms. The number of rotatable bonds is 3. The standard InChI is InChI=1S/C24H24N2O3/c1-24(2)22(27)21(19-13-15(14-25)11-12-20(19)29-24)26-23(28)18-10-6-9-17(18)16-7-4-3-5-8-16/h3-5,7-8,11-13,21-22,27H,6,9-10H2,1-2H3,(H,26,28)/t21-,22+/m1/s1. The summed E-state index contributed by atoms with van der Waals surface area (Å²) in [5.41, 5.74) is 3.12. The molecular formula is C24H24N2O3. The molecule has 2 aromatic rings. The Kier molecular flexibility index (Phi) is 4.89. The van der Waals surface area contributed by atoms with Gasteiger partial charge < -0.3 is 15.2 Å². The smallest absolute Gasteiger partial charge is 0.248 e. The number of benzene rings is 2. The summed E-state index contributed by atoms with van der Waals surface area (Å²) in [6.45, 7) is 3.59. The number of ether oxygens (including phenoxy) is 1. The summed E-state index contributed by atoms with van der Waals surface area (Å²) in [5.74, 6) is 0.407. The van der Waals surface area contributed by atoms with E-state index >= 15 is 0 Å². The lowest BCUT2D eigenvalue weighted by molar-refractivity contribution is -0.122. The third-order valence-electron chi connectivity index (χ3n) is 5.78. The molecule has 1 aliphatic carbocycles. The third kappa shape index (κ3) is 3.52. The number of allylic oxidation sites excluding steroid dienone is 1. The predicted octanol–water partition coefficient (Wildman–Crippen LogP) is 3.89. The number of carbonyl (C=O) groups excluding carboxylic acids is 1. The van der Waals surface area contributed by atoms with Crippen LogP contribution < -0.4 is 10.1 Å². The highest BCUT2D eigenvalue weighted by atomic mass is 16.5. The molecule has 1 aliphatic heterocycles. The Balaban J connectivity index is 1.70. The average Bonchev–Trinajstić information content (AvgIpc) is 3.21. The molecule has 0 radical (unpaired) electrons.